The Kier molecular flexibility index (Phi) is 2.70. The predicted molar refractivity (Wildman–Crippen MR) is 67.3 cm³/mol. The third-order valence-electron chi connectivity index (χ3n) is 3.71. The van der Waals surface area contributed by atoms with Crippen LogP contribution in [0.1, 0.15) is 33.5 Å². The van der Waals surface area contributed by atoms with E-state index in [0.29, 0.717) is 11.3 Å². The van der Waals surface area contributed by atoms with Crippen LogP contribution in [0.15, 0.2) is 12.1 Å². The molecule has 1 aromatic heterocycles. The molecule has 0 radical (unpaired) electrons. The Morgan fingerprint density at radius 1 is 1.17 bits per heavy atom. The SMILES string of the molecule is CC(C)(N)C(C)(C)c1nc2c(F)cc(F)cc2[nH]1. The van der Waals surface area contributed by atoms with Gasteiger partial charge in [0, 0.05) is 17.0 Å². The van der Waals surface area contributed by atoms with Gasteiger partial charge < -0.3 is 10.7 Å². The molecule has 0 aliphatic carbocycles. The largest absolute Gasteiger partial charge is 0.341 e. The summed E-state index contributed by atoms with van der Waals surface area (Å²) in [6.45, 7) is 7.58. The molecular weight excluding hydrogens is 236 g/mol. The number of benzene rings is 1. The molecule has 3 nitrogen and oxygen atoms in total. The predicted octanol–water partition coefficient (Wildman–Crippen LogP) is 2.86. The minimum atomic E-state index is -0.668. The lowest BCUT2D eigenvalue weighted by molar-refractivity contribution is 0.293. The van der Waals surface area contributed by atoms with Crippen molar-refractivity contribution in [3.8, 4) is 0 Å². The lowest BCUT2D eigenvalue weighted by Crippen LogP contribution is -2.50. The molecule has 0 fully saturated rings. The highest BCUT2D eigenvalue weighted by molar-refractivity contribution is 5.76. The molecule has 0 saturated carbocycles. The molecule has 1 heterocycles. The van der Waals surface area contributed by atoms with Crippen molar-refractivity contribution in [3.05, 3.63) is 29.6 Å². The van der Waals surface area contributed by atoms with Crippen LogP contribution in [0.4, 0.5) is 8.78 Å². The monoisotopic (exact) mass is 253 g/mol. The van der Waals surface area contributed by atoms with Gasteiger partial charge in [-0.3, -0.25) is 0 Å². The van der Waals surface area contributed by atoms with Gasteiger partial charge >= 0.3 is 0 Å². The number of nitrogens with one attached hydrogen (secondary N) is 1. The van der Waals surface area contributed by atoms with E-state index in [-0.39, 0.29) is 5.52 Å². The standard InChI is InChI=1S/C13H17F2N3/c1-12(2,13(3,4)16)11-17-9-6-7(14)5-8(15)10(9)18-11/h5-6H,16H2,1-4H3,(H,17,18). The van der Waals surface area contributed by atoms with Crippen LogP contribution < -0.4 is 5.73 Å². The molecule has 0 spiro atoms. The van der Waals surface area contributed by atoms with E-state index in [1.165, 1.54) is 6.07 Å². The summed E-state index contributed by atoms with van der Waals surface area (Å²) in [5, 5.41) is 0. The molecular formula is C13H17F2N3. The fraction of sp³-hybridized carbons (Fsp3) is 0.462. The molecule has 1 aromatic carbocycles. The second kappa shape index (κ2) is 3.75. The zero-order valence-corrected chi connectivity index (χ0v) is 10.9. The highest BCUT2D eigenvalue weighted by Gasteiger charge is 2.38. The summed E-state index contributed by atoms with van der Waals surface area (Å²) in [7, 11) is 0. The number of hydrogen-bond acceptors (Lipinski definition) is 2. The Morgan fingerprint density at radius 3 is 2.33 bits per heavy atom. The highest BCUT2D eigenvalue weighted by atomic mass is 19.1. The molecule has 0 bridgehead atoms. The van der Waals surface area contributed by atoms with Gasteiger partial charge in [-0.15, -0.1) is 0 Å². The van der Waals surface area contributed by atoms with Crippen molar-refractivity contribution in [2.24, 2.45) is 5.73 Å². The summed E-state index contributed by atoms with van der Waals surface area (Å²) in [5.41, 5.74) is 5.56. The molecule has 0 unspecified atom stereocenters. The third kappa shape index (κ3) is 1.88. The average Bonchev–Trinajstić information content (AvgIpc) is 2.59. The maximum atomic E-state index is 13.6. The molecule has 0 aliphatic rings. The molecule has 5 heteroatoms. The van der Waals surface area contributed by atoms with E-state index in [4.69, 9.17) is 5.73 Å². The molecule has 0 amide bonds. The first-order valence-corrected chi connectivity index (χ1v) is 5.77. The molecule has 2 aromatic rings. The maximum Gasteiger partial charge on any atom is 0.153 e. The zero-order chi connectivity index (χ0) is 13.7. The maximum absolute atomic E-state index is 13.6. The summed E-state index contributed by atoms with van der Waals surface area (Å²) >= 11 is 0. The minimum Gasteiger partial charge on any atom is -0.341 e. The number of nitrogens with two attached hydrogens (primary N) is 1. The number of H-pyrrole nitrogens is 1. The lowest BCUT2D eigenvalue weighted by Gasteiger charge is -2.36. The van der Waals surface area contributed by atoms with Crippen molar-refractivity contribution in [2.75, 3.05) is 0 Å². The first-order chi connectivity index (χ1) is 8.13. The van der Waals surface area contributed by atoms with Crippen LogP contribution in [0.3, 0.4) is 0 Å². The first kappa shape index (κ1) is 13.0. The number of hydrogen-bond donors (Lipinski definition) is 2. The van der Waals surface area contributed by atoms with Crippen molar-refractivity contribution < 1.29 is 8.78 Å². The first-order valence-electron chi connectivity index (χ1n) is 5.77. The van der Waals surface area contributed by atoms with E-state index < -0.39 is 22.6 Å². The van der Waals surface area contributed by atoms with Gasteiger partial charge in [0.05, 0.1) is 5.52 Å². The third-order valence-corrected chi connectivity index (χ3v) is 3.71. The van der Waals surface area contributed by atoms with Gasteiger partial charge in [0.15, 0.2) is 5.82 Å². The van der Waals surface area contributed by atoms with Gasteiger partial charge in [0.25, 0.3) is 0 Å². The van der Waals surface area contributed by atoms with Crippen LogP contribution in [0.5, 0.6) is 0 Å². The molecule has 0 atom stereocenters. The van der Waals surface area contributed by atoms with Gasteiger partial charge in [0.1, 0.15) is 17.2 Å². The van der Waals surface area contributed by atoms with E-state index in [1.807, 2.05) is 27.7 Å². The van der Waals surface area contributed by atoms with Crippen molar-refractivity contribution in [3.63, 3.8) is 0 Å². The Labute approximate surface area is 104 Å². The van der Waals surface area contributed by atoms with Crippen molar-refractivity contribution in [1.29, 1.82) is 0 Å². The normalized spacial score (nSPS) is 13.3. The van der Waals surface area contributed by atoms with Crippen LogP contribution in [-0.4, -0.2) is 15.5 Å². The van der Waals surface area contributed by atoms with Gasteiger partial charge in [-0.2, -0.15) is 0 Å². The summed E-state index contributed by atoms with van der Waals surface area (Å²) in [6.07, 6.45) is 0. The van der Waals surface area contributed by atoms with E-state index in [2.05, 4.69) is 9.97 Å². The molecule has 0 saturated heterocycles. The molecule has 18 heavy (non-hydrogen) atoms. The highest BCUT2D eigenvalue weighted by Crippen LogP contribution is 2.32. The van der Waals surface area contributed by atoms with Crippen LogP contribution in [0.2, 0.25) is 0 Å². The summed E-state index contributed by atoms with van der Waals surface area (Å²) in [5.74, 6) is -0.743. The topological polar surface area (TPSA) is 54.7 Å². The Hall–Kier alpha value is -1.49. The molecule has 0 aliphatic heterocycles. The quantitative estimate of drug-likeness (QED) is 0.864. The van der Waals surface area contributed by atoms with Gasteiger partial charge in [-0.05, 0) is 19.9 Å². The lowest BCUT2D eigenvalue weighted by atomic mass is 9.74. The Balaban J connectivity index is 2.65. The number of imidazole rings is 1. The van der Waals surface area contributed by atoms with Crippen LogP contribution >= 0.6 is 0 Å². The van der Waals surface area contributed by atoms with Crippen molar-refractivity contribution in [1.82, 2.24) is 9.97 Å². The zero-order valence-electron chi connectivity index (χ0n) is 10.9. The minimum absolute atomic E-state index is 0.142. The number of fused-ring (bicyclic) bond motifs is 1. The second-order valence-electron chi connectivity index (χ2n) is 5.72. The van der Waals surface area contributed by atoms with E-state index in [1.54, 1.807) is 0 Å². The van der Waals surface area contributed by atoms with E-state index in [9.17, 15) is 8.78 Å². The fourth-order valence-electron chi connectivity index (χ4n) is 1.64. The number of nitrogens with zero attached hydrogens (tertiary/aromatic N) is 1. The molecule has 2 rings (SSSR count). The molecule has 98 valence electrons. The van der Waals surface area contributed by atoms with Crippen LogP contribution in [0.25, 0.3) is 11.0 Å². The smallest absolute Gasteiger partial charge is 0.153 e. The van der Waals surface area contributed by atoms with Gasteiger partial charge in [0.2, 0.25) is 0 Å². The van der Waals surface area contributed by atoms with Crippen LogP contribution in [0, 0.1) is 11.6 Å². The number of halogens is 2. The number of aromatic nitrogens is 2. The van der Waals surface area contributed by atoms with Crippen LogP contribution in [-0.2, 0) is 5.41 Å². The fourth-order valence-corrected chi connectivity index (χ4v) is 1.64. The molecule has 3 N–H and O–H groups in total. The number of rotatable bonds is 2. The Morgan fingerprint density at radius 2 is 1.78 bits per heavy atom. The van der Waals surface area contributed by atoms with E-state index >= 15 is 0 Å². The van der Waals surface area contributed by atoms with Crippen molar-refractivity contribution in [2.45, 2.75) is 38.6 Å². The summed E-state index contributed by atoms with van der Waals surface area (Å²) < 4.78 is 26.7. The summed E-state index contributed by atoms with van der Waals surface area (Å²) in [6, 6.07) is 2.06. The Bertz CT molecular complexity index is 594. The van der Waals surface area contributed by atoms with Gasteiger partial charge in [-0.1, -0.05) is 13.8 Å². The average molecular weight is 253 g/mol. The van der Waals surface area contributed by atoms with Gasteiger partial charge in [-0.25, -0.2) is 13.8 Å². The van der Waals surface area contributed by atoms with E-state index in [0.717, 1.165) is 6.07 Å². The summed E-state index contributed by atoms with van der Waals surface area (Å²) in [4.78, 5) is 7.17. The number of aromatic amines is 1. The van der Waals surface area contributed by atoms with Crippen molar-refractivity contribution >= 4 is 11.0 Å². The second-order valence-corrected chi connectivity index (χ2v) is 5.72.